The summed E-state index contributed by atoms with van der Waals surface area (Å²) in [6.07, 6.45) is 4.45. The zero-order chi connectivity index (χ0) is 19.6. The maximum Gasteiger partial charge on any atom is 0.227 e. The maximum atomic E-state index is 12.5. The fraction of sp³-hybridized carbons (Fsp3) is 0.619. The van der Waals surface area contributed by atoms with Crippen molar-refractivity contribution < 1.29 is 14.3 Å². The third kappa shape index (κ3) is 7.42. The van der Waals surface area contributed by atoms with Gasteiger partial charge < -0.3 is 25.0 Å². The van der Waals surface area contributed by atoms with E-state index in [9.17, 15) is 4.79 Å². The van der Waals surface area contributed by atoms with Gasteiger partial charge in [-0.05, 0) is 37.3 Å². The Morgan fingerprint density at radius 2 is 2.07 bits per heavy atom. The number of anilines is 1. The molecule has 1 saturated heterocycles. The Bertz CT molecular complexity index is 665. The van der Waals surface area contributed by atoms with Gasteiger partial charge >= 0.3 is 0 Å². The van der Waals surface area contributed by atoms with E-state index in [1.54, 1.807) is 7.05 Å². The molecule has 2 aliphatic heterocycles. The molecule has 2 heterocycles. The van der Waals surface area contributed by atoms with Crippen molar-refractivity contribution in [3.8, 4) is 0 Å². The molecule has 1 amide bonds. The van der Waals surface area contributed by atoms with Crippen molar-refractivity contribution in [3.05, 3.63) is 29.8 Å². The predicted molar refractivity (Wildman–Crippen MR) is 126 cm³/mol. The first-order valence-electron chi connectivity index (χ1n) is 10.3. The number of nitrogens with one attached hydrogen (secondary N) is 2. The molecule has 3 rings (SSSR count). The topological polar surface area (TPSA) is 75.2 Å². The highest BCUT2D eigenvalue weighted by molar-refractivity contribution is 14.0. The molecule has 0 saturated carbocycles. The Morgan fingerprint density at radius 3 is 2.83 bits per heavy atom. The molecule has 0 aromatic heterocycles. The lowest BCUT2D eigenvalue weighted by atomic mass is 10.2. The molecule has 1 aromatic rings. The molecule has 1 fully saturated rings. The minimum atomic E-state index is 0. The van der Waals surface area contributed by atoms with E-state index in [2.05, 4.69) is 21.7 Å². The van der Waals surface area contributed by atoms with E-state index in [4.69, 9.17) is 9.47 Å². The van der Waals surface area contributed by atoms with Crippen LogP contribution < -0.4 is 15.5 Å². The lowest BCUT2D eigenvalue weighted by molar-refractivity contribution is -0.118. The van der Waals surface area contributed by atoms with E-state index in [0.717, 1.165) is 76.8 Å². The molecule has 29 heavy (non-hydrogen) atoms. The van der Waals surface area contributed by atoms with Crippen LogP contribution in [0.15, 0.2) is 29.3 Å². The summed E-state index contributed by atoms with van der Waals surface area (Å²) in [6.45, 7) is 4.58. The SMILES string of the molecule is CN=C(NCCCOC1CCOC1)NCCCC(=O)N1CCc2ccccc21.I. The second-order valence-corrected chi connectivity index (χ2v) is 7.16. The van der Waals surface area contributed by atoms with Crippen molar-refractivity contribution >= 4 is 41.5 Å². The smallest absolute Gasteiger partial charge is 0.227 e. The molecule has 1 atom stereocenters. The lowest BCUT2D eigenvalue weighted by Crippen LogP contribution is -2.39. The number of carbonyl (C=O) groups excluding carboxylic acids is 1. The second-order valence-electron chi connectivity index (χ2n) is 7.16. The minimum Gasteiger partial charge on any atom is -0.379 e. The van der Waals surface area contributed by atoms with Gasteiger partial charge in [-0.25, -0.2) is 0 Å². The molecule has 7 nitrogen and oxygen atoms in total. The van der Waals surface area contributed by atoms with Crippen LogP contribution in [0.5, 0.6) is 0 Å². The van der Waals surface area contributed by atoms with Gasteiger partial charge in [-0.1, -0.05) is 18.2 Å². The number of guanidine groups is 1. The van der Waals surface area contributed by atoms with E-state index in [1.807, 2.05) is 23.1 Å². The van der Waals surface area contributed by atoms with Crippen LogP contribution in [0.4, 0.5) is 5.69 Å². The molecule has 162 valence electrons. The molecule has 1 aromatic carbocycles. The molecule has 0 aliphatic carbocycles. The van der Waals surface area contributed by atoms with Crippen molar-refractivity contribution in [2.75, 3.05) is 51.4 Å². The number of benzene rings is 1. The summed E-state index contributed by atoms with van der Waals surface area (Å²) in [7, 11) is 1.76. The van der Waals surface area contributed by atoms with Gasteiger partial charge in [0.2, 0.25) is 5.91 Å². The number of para-hydroxylation sites is 1. The number of aliphatic imine (C=N–C) groups is 1. The first-order chi connectivity index (χ1) is 13.8. The minimum absolute atomic E-state index is 0. The van der Waals surface area contributed by atoms with E-state index in [-0.39, 0.29) is 36.0 Å². The fourth-order valence-electron chi connectivity index (χ4n) is 3.57. The predicted octanol–water partition coefficient (Wildman–Crippen LogP) is 2.33. The molecule has 2 aliphatic rings. The fourth-order valence-corrected chi connectivity index (χ4v) is 3.57. The van der Waals surface area contributed by atoms with Crippen molar-refractivity contribution in [2.24, 2.45) is 4.99 Å². The third-order valence-electron chi connectivity index (χ3n) is 5.13. The number of ether oxygens (including phenoxy) is 2. The molecule has 8 heteroatoms. The van der Waals surface area contributed by atoms with E-state index < -0.39 is 0 Å². The standard InChI is InChI=1S/C21H32N4O3.HI/c1-22-21(24-12-5-14-28-18-10-15-27-16-18)23-11-4-8-20(26)25-13-9-17-6-2-3-7-19(17)25;/h2-3,6-7,18H,4-5,8-16H2,1H3,(H2,22,23,24);1H. The van der Waals surface area contributed by atoms with Crippen LogP contribution in [-0.4, -0.2) is 64.5 Å². The van der Waals surface area contributed by atoms with E-state index in [0.29, 0.717) is 6.42 Å². The van der Waals surface area contributed by atoms with E-state index >= 15 is 0 Å². The Kier molecular flexibility index (Phi) is 10.7. The third-order valence-corrected chi connectivity index (χ3v) is 5.13. The number of hydrogen-bond donors (Lipinski definition) is 2. The van der Waals surface area contributed by atoms with Crippen LogP contribution in [0.1, 0.15) is 31.2 Å². The summed E-state index contributed by atoms with van der Waals surface area (Å²) in [5.74, 6) is 0.964. The summed E-state index contributed by atoms with van der Waals surface area (Å²) in [5, 5.41) is 6.56. The summed E-state index contributed by atoms with van der Waals surface area (Å²) in [5.41, 5.74) is 2.34. The van der Waals surface area contributed by atoms with Crippen molar-refractivity contribution in [3.63, 3.8) is 0 Å². The summed E-state index contributed by atoms with van der Waals surface area (Å²) in [4.78, 5) is 18.6. The number of rotatable bonds is 9. The van der Waals surface area contributed by atoms with Gasteiger partial charge in [-0.2, -0.15) is 0 Å². The molecule has 0 radical (unpaired) electrons. The highest BCUT2D eigenvalue weighted by atomic mass is 127. The average Bonchev–Trinajstić information content (AvgIpc) is 3.38. The number of hydrogen-bond acceptors (Lipinski definition) is 4. The summed E-state index contributed by atoms with van der Waals surface area (Å²) in [6, 6.07) is 8.17. The van der Waals surface area contributed by atoms with Gasteiger partial charge in [0, 0.05) is 52.0 Å². The van der Waals surface area contributed by atoms with Crippen molar-refractivity contribution in [1.82, 2.24) is 10.6 Å². The highest BCUT2D eigenvalue weighted by Crippen LogP contribution is 2.27. The first-order valence-corrected chi connectivity index (χ1v) is 10.3. The quantitative estimate of drug-likeness (QED) is 0.228. The molecular weight excluding hydrogens is 483 g/mol. The number of fused-ring (bicyclic) bond motifs is 1. The van der Waals surface area contributed by atoms with Gasteiger partial charge in [0.05, 0.1) is 12.7 Å². The molecule has 2 N–H and O–H groups in total. The number of halogens is 1. The van der Waals surface area contributed by atoms with Crippen LogP contribution in [0, 0.1) is 0 Å². The van der Waals surface area contributed by atoms with Gasteiger partial charge in [0.25, 0.3) is 0 Å². The van der Waals surface area contributed by atoms with Gasteiger partial charge in [0.15, 0.2) is 5.96 Å². The largest absolute Gasteiger partial charge is 0.379 e. The monoisotopic (exact) mass is 516 g/mol. The lowest BCUT2D eigenvalue weighted by Gasteiger charge is -2.17. The zero-order valence-electron chi connectivity index (χ0n) is 17.2. The first kappa shape index (κ1) is 23.9. The Morgan fingerprint density at radius 1 is 1.28 bits per heavy atom. The summed E-state index contributed by atoms with van der Waals surface area (Å²) >= 11 is 0. The Labute approximate surface area is 190 Å². The van der Waals surface area contributed by atoms with Crippen LogP contribution >= 0.6 is 24.0 Å². The molecule has 0 bridgehead atoms. The molecule has 1 unspecified atom stereocenters. The van der Waals surface area contributed by atoms with Gasteiger partial charge in [-0.3, -0.25) is 9.79 Å². The van der Waals surface area contributed by atoms with Crippen LogP contribution in [0.25, 0.3) is 0 Å². The highest BCUT2D eigenvalue weighted by Gasteiger charge is 2.23. The molecule has 0 spiro atoms. The van der Waals surface area contributed by atoms with Crippen LogP contribution in [-0.2, 0) is 20.7 Å². The molecular formula is C21H33IN4O3. The number of nitrogens with zero attached hydrogens (tertiary/aromatic N) is 2. The number of carbonyl (C=O) groups is 1. The van der Waals surface area contributed by atoms with Crippen molar-refractivity contribution in [1.29, 1.82) is 0 Å². The summed E-state index contributed by atoms with van der Waals surface area (Å²) < 4.78 is 11.0. The van der Waals surface area contributed by atoms with Gasteiger partial charge in [0.1, 0.15) is 0 Å². The van der Waals surface area contributed by atoms with Gasteiger partial charge in [-0.15, -0.1) is 24.0 Å². The zero-order valence-corrected chi connectivity index (χ0v) is 19.5. The number of amides is 1. The second kappa shape index (κ2) is 13.0. The normalized spacial score (nSPS) is 18.3. The average molecular weight is 516 g/mol. The Balaban J connectivity index is 0.00000300. The van der Waals surface area contributed by atoms with Crippen molar-refractivity contribution in [2.45, 2.75) is 38.2 Å². The van der Waals surface area contributed by atoms with Crippen LogP contribution in [0.3, 0.4) is 0 Å². The maximum absolute atomic E-state index is 12.5. The van der Waals surface area contributed by atoms with Crippen LogP contribution in [0.2, 0.25) is 0 Å². The Hall–Kier alpha value is -1.39. The van der Waals surface area contributed by atoms with E-state index in [1.165, 1.54) is 5.56 Å².